The van der Waals surface area contributed by atoms with Crippen LogP contribution in [0, 0.1) is 0 Å². The van der Waals surface area contributed by atoms with E-state index in [0.717, 1.165) is 15.7 Å². The number of ether oxygens (including phenoxy) is 3. The SMILES string of the molecule is COc1ccc(S(=O)(=O)N(CC(=O)N2CCN(c3ccccc3OC)CC2)c2ccccc2OC)cc1. The summed E-state index contributed by atoms with van der Waals surface area (Å²) in [6, 6.07) is 20.6. The van der Waals surface area contributed by atoms with E-state index >= 15 is 0 Å². The number of amides is 1. The molecule has 1 saturated heterocycles. The molecule has 3 aromatic rings. The highest BCUT2D eigenvalue weighted by Gasteiger charge is 2.32. The molecule has 1 fully saturated rings. The quantitative estimate of drug-likeness (QED) is 0.424. The van der Waals surface area contributed by atoms with E-state index in [1.165, 1.54) is 26.4 Å². The van der Waals surface area contributed by atoms with Gasteiger partial charge in [-0.1, -0.05) is 24.3 Å². The van der Waals surface area contributed by atoms with Gasteiger partial charge in [-0.2, -0.15) is 0 Å². The summed E-state index contributed by atoms with van der Waals surface area (Å²) in [7, 11) is 0.527. The van der Waals surface area contributed by atoms with Gasteiger partial charge in [0.25, 0.3) is 10.0 Å². The van der Waals surface area contributed by atoms with E-state index in [4.69, 9.17) is 14.2 Å². The Kier molecular flexibility index (Phi) is 8.08. The highest BCUT2D eigenvalue weighted by molar-refractivity contribution is 7.92. The van der Waals surface area contributed by atoms with E-state index < -0.39 is 10.0 Å². The topological polar surface area (TPSA) is 88.6 Å². The summed E-state index contributed by atoms with van der Waals surface area (Å²) >= 11 is 0. The summed E-state index contributed by atoms with van der Waals surface area (Å²) < 4.78 is 44.7. The van der Waals surface area contributed by atoms with E-state index in [2.05, 4.69) is 4.90 Å². The Bertz CT molecular complexity index is 1320. The summed E-state index contributed by atoms with van der Waals surface area (Å²) in [5.41, 5.74) is 1.26. The maximum absolute atomic E-state index is 13.8. The van der Waals surface area contributed by atoms with Crippen LogP contribution in [0.5, 0.6) is 17.2 Å². The van der Waals surface area contributed by atoms with Crippen molar-refractivity contribution in [3.05, 3.63) is 72.8 Å². The van der Waals surface area contributed by atoms with E-state index in [1.807, 2.05) is 24.3 Å². The van der Waals surface area contributed by atoms with Crippen molar-refractivity contribution in [1.29, 1.82) is 0 Å². The van der Waals surface area contributed by atoms with Gasteiger partial charge < -0.3 is 24.0 Å². The molecule has 0 aromatic heterocycles. The predicted molar refractivity (Wildman–Crippen MR) is 142 cm³/mol. The van der Waals surface area contributed by atoms with Crippen molar-refractivity contribution in [2.75, 3.05) is 63.3 Å². The molecule has 1 aliphatic rings. The van der Waals surface area contributed by atoms with Crippen molar-refractivity contribution in [3.63, 3.8) is 0 Å². The van der Waals surface area contributed by atoms with E-state index in [9.17, 15) is 13.2 Å². The number of para-hydroxylation sites is 4. The van der Waals surface area contributed by atoms with Crippen LogP contribution in [0.4, 0.5) is 11.4 Å². The lowest BCUT2D eigenvalue weighted by Crippen LogP contribution is -2.52. The molecule has 1 heterocycles. The first-order valence-electron chi connectivity index (χ1n) is 11.8. The second-order valence-corrected chi connectivity index (χ2v) is 10.3. The van der Waals surface area contributed by atoms with E-state index in [-0.39, 0.29) is 17.3 Å². The maximum Gasteiger partial charge on any atom is 0.264 e. The smallest absolute Gasteiger partial charge is 0.264 e. The van der Waals surface area contributed by atoms with Crippen LogP contribution in [0.3, 0.4) is 0 Å². The Morgan fingerprint density at radius 1 is 0.784 bits per heavy atom. The lowest BCUT2D eigenvalue weighted by molar-refractivity contribution is -0.129. The number of benzene rings is 3. The normalized spacial score (nSPS) is 13.7. The fourth-order valence-corrected chi connectivity index (χ4v) is 5.75. The van der Waals surface area contributed by atoms with Crippen molar-refractivity contribution in [2.24, 2.45) is 0 Å². The number of rotatable bonds is 9. The molecule has 10 heteroatoms. The number of anilines is 2. The third kappa shape index (κ3) is 5.59. The lowest BCUT2D eigenvalue weighted by atomic mass is 10.2. The molecule has 196 valence electrons. The molecule has 4 rings (SSSR count). The first-order chi connectivity index (χ1) is 17.9. The van der Waals surface area contributed by atoms with Gasteiger partial charge in [0.2, 0.25) is 5.91 Å². The number of carbonyl (C=O) groups excluding carboxylic acids is 1. The molecule has 0 N–H and O–H groups in total. The van der Waals surface area contributed by atoms with Crippen LogP contribution in [0.2, 0.25) is 0 Å². The molecule has 0 saturated carbocycles. The van der Waals surface area contributed by atoms with Crippen LogP contribution in [0.1, 0.15) is 0 Å². The number of methoxy groups -OCH3 is 3. The van der Waals surface area contributed by atoms with Gasteiger partial charge in [-0.3, -0.25) is 9.10 Å². The van der Waals surface area contributed by atoms with Crippen LogP contribution in [0.15, 0.2) is 77.7 Å². The van der Waals surface area contributed by atoms with Crippen LogP contribution in [0.25, 0.3) is 0 Å². The van der Waals surface area contributed by atoms with E-state index in [0.29, 0.717) is 43.4 Å². The molecule has 9 nitrogen and oxygen atoms in total. The third-order valence-corrected chi connectivity index (χ3v) is 8.11. The highest BCUT2D eigenvalue weighted by Crippen LogP contribution is 2.33. The number of carbonyl (C=O) groups is 1. The van der Waals surface area contributed by atoms with Gasteiger partial charge in [0.15, 0.2) is 0 Å². The zero-order valence-corrected chi connectivity index (χ0v) is 22.0. The highest BCUT2D eigenvalue weighted by atomic mass is 32.2. The van der Waals surface area contributed by atoms with Gasteiger partial charge in [-0.25, -0.2) is 8.42 Å². The largest absolute Gasteiger partial charge is 0.497 e. The van der Waals surface area contributed by atoms with E-state index in [1.54, 1.807) is 48.4 Å². The number of hydrogen-bond acceptors (Lipinski definition) is 7. The molecule has 0 radical (unpaired) electrons. The fourth-order valence-electron chi connectivity index (χ4n) is 4.32. The number of hydrogen-bond donors (Lipinski definition) is 0. The Balaban J connectivity index is 1.57. The fraction of sp³-hybridized carbons (Fsp3) is 0.296. The van der Waals surface area contributed by atoms with Crippen molar-refractivity contribution in [2.45, 2.75) is 4.90 Å². The molecule has 37 heavy (non-hydrogen) atoms. The maximum atomic E-state index is 13.8. The lowest BCUT2D eigenvalue weighted by Gasteiger charge is -2.37. The Hall–Kier alpha value is -3.92. The molecule has 0 bridgehead atoms. The zero-order chi connectivity index (χ0) is 26.4. The average Bonchev–Trinajstić information content (AvgIpc) is 2.95. The molecule has 1 aliphatic heterocycles. The molecule has 0 unspecified atom stereocenters. The Labute approximate surface area is 217 Å². The van der Waals surface area contributed by atoms with Crippen LogP contribution in [-0.4, -0.2) is 73.3 Å². The second kappa shape index (κ2) is 11.4. The molecular weight excluding hydrogens is 494 g/mol. The minimum Gasteiger partial charge on any atom is -0.497 e. The third-order valence-electron chi connectivity index (χ3n) is 6.34. The summed E-state index contributed by atoms with van der Waals surface area (Å²) in [5.74, 6) is 1.37. The number of sulfonamides is 1. The molecule has 1 amide bonds. The van der Waals surface area contributed by atoms with Crippen LogP contribution < -0.4 is 23.4 Å². The summed E-state index contributed by atoms with van der Waals surface area (Å²) in [4.78, 5) is 17.3. The first-order valence-corrected chi connectivity index (χ1v) is 13.3. The van der Waals surface area contributed by atoms with Crippen LogP contribution >= 0.6 is 0 Å². The Morgan fingerprint density at radius 2 is 1.38 bits per heavy atom. The molecular formula is C27H31N3O6S. The Morgan fingerprint density at radius 3 is 2.00 bits per heavy atom. The molecule has 0 atom stereocenters. The van der Waals surface area contributed by atoms with Gasteiger partial charge in [0.05, 0.1) is 37.6 Å². The first kappa shape index (κ1) is 26.2. The molecule has 0 spiro atoms. The van der Waals surface area contributed by atoms with Gasteiger partial charge >= 0.3 is 0 Å². The van der Waals surface area contributed by atoms with Gasteiger partial charge in [-0.15, -0.1) is 0 Å². The van der Waals surface area contributed by atoms with Crippen molar-refractivity contribution >= 4 is 27.3 Å². The predicted octanol–water partition coefficient (Wildman–Crippen LogP) is 3.26. The van der Waals surface area contributed by atoms with Crippen molar-refractivity contribution < 1.29 is 27.4 Å². The number of piperazine rings is 1. The summed E-state index contributed by atoms with van der Waals surface area (Å²) in [6.45, 7) is 1.76. The second-order valence-electron chi connectivity index (χ2n) is 8.40. The molecule has 0 aliphatic carbocycles. The summed E-state index contributed by atoms with van der Waals surface area (Å²) in [5, 5.41) is 0. The monoisotopic (exact) mass is 525 g/mol. The van der Waals surface area contributed by atoms with Gasteiger partial charge in [0.1, 0.15) is 23.8 Å². The summed E-state index contributed by atoms with van der Waals surface area (Å²) in [6.07, 6.45) is 0. The number of nitrogens with zero attached hydrogens (tertiary/aromatic N) is 3. The van der Waals surface area contributed by atoms with Gasteiger partial charge in [0, 0.05) is 26.2 Å². The van der Waals surface area contributed by atoms with Crippen molar-refractivity contribution in [3.8, 4) is 17.2 Å². The standard InChI is InChI=1S/C27H31N3O6S/c1-34-21-12-14-22(15-13-21)37(32,33)30(24-9-5-7-11-26(24)36-3)20-27(31)29-18-16-28(17-19-29)23-8-4-6-10-25(23)35-2/h4-15H,16-20H2,1-3H3. The molecule has 3 aromatic carbocycles. The minimum absolute atomic E-state index is 0.0491. The zero-order valence-electron chi connectivity index (χ0n) is 21.2. The minimum atomic E-state index is -4.08. The van der Waals surface area contributed by atoms with Crippen LogP contribution in [-0.2, 0) is 14.8 Å². The average molecular weight is 526 g/mol. The van der Waals surface area contributed by atoms with Gasteiger partial charge in [-0.05, 0) is 48.5 Å². The van der Waals surface area contributed by atoms with Crippen molar-refractivity contribution in [1.82, 2.24) is 4.90 Å².